The zero-order chi connectivity index (χ0) is 14.8. The van der Waals surface area contributed by atoms with E-state index in [1.807, 2.05) is 0 Å². The summed E-state index contributed by atoms with van der Waals surface area (Å²) in [7, 11) is 0. The molecule has 0 amide bonds. The number of hydrogen-bond acceptors (Lipinski definition) is 2. The van der Waals surface area contributed by atoms with E-state index in [1.54, 1.807) is 18.2 Å². The van der Waals surface area contributed by atoms with Crippen LogP contribution < -0.4 is 0 Å². The highest BCUT2D eigenvalue weighted by Gasteiger charge is 2.28. The van der Waals surface area contributed by atoms with E-state index < -0.39 is 31.3 Å². The maximum atomic E-state index is 13.6. The number of rotatable bonds is 4. The zero-order valence-electron chi connectivity index (χ0n) is 10.3. The molecule has 108 valence electrons. The van der Waals surface area contributed by atoms with Crippen LogP contribution >= 0.6 is 0 Å². The van der Waals surface area contributed by atoms with Crippen molar-refractivity contribution in [3.63, 3.8) is 0 Å². The first-order valence-electron chi connectivity index (χ1n) is 5.88. The summed E-state index contributed by atoms with van der Waals surface area (Å²) in [5.74, 6) is -0.451. The number of halogens is 4. The fraction of sp³-hybridized carbons (Fsp3) is 0.286. The minimum atomic E-state index is -4.44. The first-order chi connectivity index (χ1) is 9.38. The lowest BCUT2D eigenvalue weighted by Gasteiger charge is -2.15. The Labute approximate surface area is 112 Å². The van der Waals surface area contributed by atoms with Gasteiger partial charge < -0.3 is 9.84 Å². The van der Waals surface area contributed by atoms with E-state index >= 15 is 0 Å². The van der Waals surface area contributed by atoms with Gasteiger partial charge in [0, 0.05) is 5.39 Å². The third-order valence-corrected chi connectivity index (χ3v) is 2.81. The lowest BCUT2D eigenvalue weighted by atomic mass is 10.0. The predicted molar refractivity (Wildman–Crippen MR) is 65.7 cm³/mol. The van der Waals surface area contributed by atoms with Crippen LogP contribution in [0.5, 0.6) is 0 Å². The molecule has 2 aromatic carbocycles. The number of ether oxygens (including phenoxy) is 1. The quantitative estimate of drug-likeness (QED) is 0.871. The number of hydrogen-bond donors (Lipinski definition) is 1. The number of benzene rings is 2. The van der Waals surface area contributed by atoms with Gasteiger partial charge in [-0.3, -0.25) is 0 Å². The van der Waals surface area contributed by atoms with Crippen molar-refractivity contribution in [1.82, 2.24) is 0 Å². The minimum absolute atomic E-state index is 0.305. The molecule has 0 saturated heterocycles. The van der Waals surface area contributed by atoms with Gasteiger partial charge in [0.2, 0.25) is 0 Å². The van der Waals surface area contributed by atoms with Gasteiger partial charge in [0.15, 0.2) is 0 Å². The largest absolute Gasteiger partial charge is 0.411 e. The summed E-state index contributed by atoms with van der Waals surface area (Å²) >= 11 is 0. The van der Waals surface area contributed by atoms with Crippen LogP contribution in [-0.2, 0) is 4.74 Å². The van der Waals surface area contributed by atoms with Gasteiger partial charge in [-0.25, -0.2) is 4.39 Å². The SMILES string of the molecule is OC(COCC(F)(F)F)c1ccc(F)c2ccccc12. The van der Waals surface area contributed by atoms with Gasteiger partial charge >= 0.3 is 6.18 Å². The molecule has 0 aliphatic heterocycles. The second kappa shape index (κ2) is 5.76. The summed E-state index contributed by atoms with van der Waals surface area (Å²) in [6.07, 6.45) is -5.69. The minimum Gasteiger partial charge on any atom is -0.386 e. The third kappa shape index (κ3) is 3.46. The molecule has 1 unspecified atom stereocenters. The fourth-order valence-electron chi connectivity index (χ4n) is 1.95. The fourth-order valence-corrected chi connectivity index (χ4v) is 1.95. The molecule has 0 heterocycles. The van der Waals surface area contributed by atoms with Crippen molar-refractivity contribution in [2.75, 3.05) is 13.2 Å². The van der Waals surface area contributed by atoms with E-state index in [0.717, 1.165) is 0 Å². The van der Waals surface area contributed by atoms with E-state index in [-0.39, 0.29) is 0 Å². The van der Waals surface area contributed by atoms with Gasteiger partial charge in [-0.05, 0) is 17.0 Å². The molecule has 20 heavy (non-hydrogen) atoms. The van der Waals surface area contributed by atoms with Crippen LogP contribution in [0.1, 0.15) is 11.7 Å². The van der Waals surface area contributed by atoms with Gasteiger partial charge in [0.05, 0.1) is 6.61 Å². The van der Waals surface area contributed by atoms with Crippen LogP contribution in [0.25, 0.3) is 10.8 Å². The highest BCUT2D eigenvalue weighted by Crippen LogP contribution is 2.27. The van der Waals surface area contributed by atoms with Crippen LogP contribution in [0.15, 0.2) is 36.4 Å². The Morgan fingerprint density at radius 2 is 1.70 bits per heavy atom. The second-order valence-corrected chi connectivity index (χ2v) is 4.33. The van der Waals surface area contributed by atoms with Gasteiger partial charge in [-0.15, -0.1) is 0 Å². The summed E-state index contributed by atoms with van der Waals surface area (Å²) in [6.45, 7) is -1.93. The van der Waals surface area contributed by atoms with E-state index in [2.05, 4.69) is 4.74 Å². The van der Waals surface area contributed by atoms with Crippen molar-refractivity contribution in [2.45, 2.75) is 12.3 Å². The predicted octanol–water partition coefficient (Wildman–Crippen LogP) is 3.59. The molecule has 0 saturated carbocycles. The third-order valence-electron chi connectivity index (χ3n) is 2.81. The molecule has 6 heteroatoms. The van der Waals surface area contributed by atoms with Crippen molar-refractivity contribution in [2.24, 2.45) is 0 Å². The molecule has 2 aromatic rings. The highest BCUT2D eigenvalue weighted by molar-refractivity contribution is 5.86. The maximum absolute atomic E-state index is 13.6. The van der Waals surface area contributed by atoms with Gasteiger partial charge in [-0.2, -0.15) is 13.2 Å². The smallest absolute Gasteiger partial charge is 0.386 e. The topological polar surface area (TPSA) is 29.5 Å². The van der Waals surface area contributed by atoms with Crippen LogP contribution in [0.2, 0.25) is 0 Å². The van der Waals surface area contributed by atoms with Crippen LogP contribution in [0, 0.1) is 5.82 Å². The summed E-state index contributed by atoms with van der Waals surface area (Å²) in [5, 5.41) is 10.7. The molecule has 0 radical (unpaired) electrons. The van der Waals surface area contributed by atoms with E-state index in [1.165, 1.54) is 18.2 Å². The number of aliphatic hydroxyl groups is 1. The summed E-state index contributed by atoms with van der Waals surface area (Å²) in [4.78, 5) is 0. The highest BCUT2D eigenvalue weighted by atomic mass is 19.4. The van der Waals surface area contributed by atoms with Crippen molar-refractivity contribution < 1.29 is 27.4 Å². The molecule has 0 aliphatic rings. The van der Waals surface area contributed by atoms with E-state index in [0.29, 0.717) is 16.3 Å². The number of aliphatic hydroxyl groups excluding tert-OH is 1. The molecule has 1 atom stereocenters. The summed E-state index contributed by atoms with van der Waals surface area (Å²) in [5.41, 5.74) is 0.337. The Kier molecular flexibility index (Phi) is 4.25. The molecule has 0 aliphatic carbocycles. The Bertz CT molecular complexity index is 595. The van der Waals surface area contributed by atoms with E-state index in [9.17, 15) is 22.7 Å². The van der Waals surface area contributed by atoms with Crippen molar-refractivity contribution >= 4 is 10.8 Å². The van der Waals surface area contributed by atoms with Crippen molar-refractivity contribution in [3.8, 4) is 0 Å². The van der Waals surface area contributed by atoms with Crippen molar-refractivity contribution in [3.05, 3.63) is 47.8 Å². The van der Waals surface area contributed by atoms with Crippen LogP contribution in [0.4, 0.5) is 17.6 Å². The molecule has 2 nitrogen and oxygen atoms in total. The molecule has 0 fully saturated rings. The lowest BCUT2D eigenvalue weighted by Crippen LogP contribution is -2.19. The summed E-state index contributed by atoms with van der Waals surface area (Å²) in [6, 6.07) is 8.96. The van der Waals surface area contributed by atoms with Gasteiger partial charge in [0.25, 0.3) is 0 Å². The molecular formula is C14H12F4O2. The summed E-state index contributed by atoms with van der Waals surface area (Å²) < 4.78 is 53.9. The Balaban J connectivity index is 2.18. The molecule has 0 bridgehead atoms. The molecule has 1 N–H and O–H groups in total. The van der Waals surface area contributed by atoms with E-state index in [4.69, 9.17) is 0 Å². The molecular weight excluding hydrogens is 276 g/mol. The zero-order valence-corrected chi connectivity index (χ0v) is 10.3. The number of fused-ring (bicyclic) bond motifs is 1. The van der Waals surface area contributed by atoms with Crippen molar-refractivity contribution in [1.29, 1.82) is 0 Å². The molecule has 0 aromatic heterocycles. The average Bonchev–Trinajstić information content (AvgIpc) is 2.38. The monoisotopic (exact) mass is 288 g/mol. The van der Waals surface area contributed by atoms with Gasteiger partial charge in [0.1, 0.15) is 18.5 Å². The Morgan fingerprint density at radius 1 is 1.05 bits per heavy atom. The van der Waals surface area contributed by atoms with Crippen LogP contribution in [-0.4, -0.2) is 24.5 Å². The first kappa shape index (κ1) is 14.7. The standard InChI is InChI=1S/C14H12F4O2/c15-12-6-5-11(9-3-1-2-4-10(9)12)13(19)7-20-8-14(16,17)18/h1-6,13,19H,7-8H2. The van der Waals surface area contributed by atoms with Crippen LogP contribution in [0.3, 0.4) is 0 Å². The lowest BCUT2D eigenvalue weighted by molar-refractivity contribution is -0.179. The second-order valence-electron chi connectivity index (χ2n) is 4.33. The maximum Gasteiger partial charge on any atom is 0.411 e. The Hall–Kier alpha value is -1.66. The molecule has 0 spiro atoms. The first-order valence-corrected chi connectivity index (χ1v) is 5.88. The number of alkyl halides is 3. The average molecular weight is 288 g/mol. The Morgan fingerprint density at radius 3 is 2.35 bits per heavy atom. The molecule has 2 rings (SSSR count). The normalized spacial score (nSPS) is 13.7. The van der Waals surface area contributed by atoms with Gasteiger partial charge in [-0.1, -0.05) is 30.3 Å².